The molecule has 0 fully saturated rings. The summed E-state index contributed by atoms with van der Waals surface area (Å²) in [6.07, 6.45) is 10.3. The molecule has 1 aromatic carbocycles. The number of ether oxygens (including phenoxy) is 1. The van der Waals surface area contributed by atoms with Crippen molar-refractivity contribution in [1.29, 1.82) is 0 Å². The number of nitrogens with zero attached hydrogens (tertiary/aromatic N) is 9. The Labute approximate surface area is 622 Å². The van der Waals surface area contributed by atoms with Crippen LogP contribution in [0.4, 0.5) is 9.59 Å². The van der Waals surface area contributed by atoms with Crippen LogP contribution in [0.5, 0.6) is 0 Å². The van der Waals surface area contributed by atoms with Gasteiger partial charge in [-0.25, -0.2) is 33.4 Å². The SMILES string of the molecule is CCOC(C)(C)Cc1cn(-c2cc(C(=O)C(C)(C)NCCCCCC(=O)C(C)(C)NCc3cn(CCCC[C@H](NC(=O)N[C@@H](CCC(=O)O)C(=O)O)C(=O)O)nn3)cc(C(=O)C(C)(CC)NCCCCCC(=O)C(C)(C)NCc3cn(CCCC[C@H](NC(=O)N[C@@H](CCC(=O)O)C(=O)O)C(=O)O)nn3)c2)nn1. The first-order valence-corrected chi connectivity index (χ1v) is 36.3. The van der Waals surface area contributed by atoms with Gasteiger partial charge in [0.25, 0.3) is 0 Å². The number of carboxylic acid groups (broad SMARTS) is 6. The van der Waals surface area contributed by atoms with Crippen LogP contribution in [-0.2, 0) is 75.7 Å². The standard InChI is InChI=1S/C71H111N17O19/c1-12-71(11,73-33-21-15-17-27-56(90)69(7,8)75-41-49-43-87(84-82-49)35-23-19-25-52(62(99)100)77-66(106)79-54(64(103)104)29-31-58(93)94)60(96)46-36-45(37-50(38-46)88-44-47(80-85-88)39-67(3,4)107-13-2)59(95)70(9,10)72-32-20-14-16-26-55(89)68(5,6)74-40-48-42-86(83-81-48)34-22-18-24-51(61(97)98)76-65(105)78-53(63(101)102)28-30-57(91)92/h36-38,42-44,51-54,72-75H,12-35,39-41H2,1-11H3,(H,91,92)(H,93,94)(H,97,98)(H,99,100)(H,101,102)(H,103,104)(H2,76,78,105)(H2,77,79,106)/t51-,52-,53-,54-,71?/m0/s1. The minimum atomic E-state index is -1.52. The highest BCUT2D eigenvalue weighted by Gasteiger charge is 2.36. The first-order chi connectivity index (χ1) is 50.2. The molecule has 3 aromatic heterocycles. The number of aryl methyl sites for hydroxylation is 2. The fourth-order valence-corrected chi connectivity index (χ4v) is 11.5. The predicted octanol–water partition coefficient (Wildman–Crippen LogP) is 5.18. The topological polar surface area (TPSA) is 524 Å². The van der Waals surface area contributed by atoms with E-state index in [4.69, 9.17) is 14.9 Å². The van der Waals surface area contributed by atoms with Gasteiger partial charge < -0.3 is 67.3 Å². The number of ketones is 4. The van der Waals surface area contributed by atoms with Gasteiger partial charge in [0.15, 0.2) is 23.1 Å². The number of aliphatic carboxylic acids is 6. The Balaban J connectivity index is 1.26. The second-order valence-corrected chi connectivity index (χ2v) is 29.1. The highest BCUT2D eigenvalue weighted by atomic mass is 16.5. The number of hydrogen-bond donors (Lipinski definition) is 14. The minimum Gasteiger partial charge on any atom is -0.481 e. The van der Waals surface area contributed by atoms with Gasteiger partial charge >= 0.3 is 47.9 Å². The fourth-order valence-electron chi connectivity index (χ4n) is 11.5. The third-order valence-corrected chi connectivity index (χ3v) is 18.4. The van der Waals surface area contributed by atoms with E-state index < -0.39 is 113 Å². The molecule has 0 spiro atoms. The molecule has 36 nitrogen and oxygen atoms in total. The lowest BCUT2D eigenvalue weighted by Gasteiger charge is -2.29. The summed E-state index contributed by atoms with van der Waals surface area (Å²) in [5.74, 6) is -8.59. The van der Waals surface area contributed by atoms with Gasteiger partial charge in [-0.3, -0.25) is 48.8 Å². The molecule has 0 radical (unpaired) electrons. The van der Waals surface area contributed by atoms with Crippen molar-refractivity contribution in [2.45, 2.75) is 283 Å². The maximum absolute atomic E-state index is 14.8. The monoisotopic (exact) mass is 1510 g/mol. The first kappa shape index (κ1) is 89.9. The summed E-state index contributed by atoms with van der Waals surface area (Å²) in [5.41, 5.74) is -1.68. The van der Waals surface area contributed by atoms with E-state index in [1.54, 1.807) is 92.4 Å². The molecule has 3 heterocycles. The van der Waals surface area contributed by atoms with Gasteiger partial charge in [0.1, 0.15) is 24.2 Å². The van der Waals surface area contributed by atoms with E-state index >= 15 is 0 Å². The van der Waals surface area contributed by atoms with Crippen LogP contribution in [0.25, 0.3) is 5.69 Å². The van der Waals surface area contributed by atoms with Crippen LogP contribution in [0.2, 0.25) is 0 Å². The summed E-state index contributed by atoms with van der Waals surface area (Å²) in [4.78, 5) is 150. The van der Waals surface area contributed by atoms with Gasteiger partial charge in [-0.15, -0.1) is 15.3 Å². The number of aromatic nitrogens is 9. The average Bonchev–Trinajstić information content (AvgIpc) is 1.58. The summed E-state index contributed by atoms with van der Waals surface area (Å²) in [6, 6.07) is -2.78. The van der Waals surface area contributed by atoms with Crippen molar-refractivity contribution in [2.24, 2.45) is 0 Å². The maximum Gasteiger partial charge on any atom is 0.326 e. The normalized spacial score (nSPS) is 13.7. The molecule has 0 bridgehead atoms. The number of carbonyl (C=O) groups excluding carboxylic acids is 6. The van der Waals surface area contributed by atoms with Crippen LogP contribution in [0.3, 0.4) is 0 Å². The highest BCUT2D eigenvalue weighted by molar-refractivity contribution is 6.08. The van der Waals surface area contributed by atoms with E-state index in [1.807, 2.05) is 34.6 Å². The molecule has 0 saturated heterocycles. The largest absolute Gasteiger partial charge is 0.481 e. The quantitative estimate of drug-likeness (QED) is 0.0200. The van der Waals surface area contributed by atoms with Gasteiger partial charge in [0.05, 0.1) is 56.7 Å². The molecular formula is C71H111N17O19. The van der Waals surface area contributed by atoms with Crippen LogP contribution >= 0.6 is 0 Å². The number of carboxylic acids is 6. The lowest BCUT2D eigenvalue weighted by Crippen LogP contribution is -2.51. The van der Waals surface area contributed by atoms with Crippen LogP contribution in [0.1, 0.15) is 236 Å². The van der Waals surface area contributed by atoms with Gasteiger partial charge in [-0.1, -0.05) is 35.4 Å². The molecular weight excluding hydrogens is 1390 g/mol. The van der Waals surface area contributed by atoms with Gasteiger partial charge in [-0.05, 0) is 184 Å². The molecule has 0 aliphatic heterocycles. The van der Waals surface area contributed by atoms with Crippen LogP contribution in [-0.4, -0.2) is 218 Å². The smallest absolute Gasteiger partial charge is 0.326 e. The summed E-state index contributed by atoms with van der Waals surface area (Å²) in [5, 5.41) is 103. The minimum absolute atomic E-state index is 0.0114. The van der Waals surface area contributed by atoms with Crippen molar-refractivity contribution in [3.8, 4) is 5.69 Å². The first-order valence-electron chi connectivity index (χ1n) is 36.3. The van der Waals surface area contributed by atoms with E-state index in [1.165, 1.54) is 0 Å². The molecule has 594 valence electrons. The Bertz CT molecular complexity index is 3660. The van der Waals surface area contributed by atoms with Crippen LogP contribution in [0, 0.1) is 0 Å². The molecule has 5 atom stereocenters. The average molecular weight is 1510 g/mol. The van der Waals surface area contributed by atoms with E-state index in [9.17, 15) is 78.0 Å². The number of nitrogens with one attached hydrogen (secondary N) is 8. The zero-order chi connectivity index (χ0) is 79.9. The molecule has 0 aliphatic carbocycles. The number of Topliss-reactive ketones (excluding diaryl/α,β-unsaturated/α-hetero) is 4. The number of amides is 4. The third kappa shape index (κ3) is 31.5. The molecule has 107 heavy (non-hydrogen) atoms. The molecule has 14 N–H and O–H groups in total. The second kappa shape index (κ2) is 42.7. The summed E-state index contributed by atoms with van der Waals surface area (Å²) in [7, 11) is 0. The zero-order valence-corrected chi connectivity index (χ0v) is 63.4. The zero-order valence-electron chi connectivity index (χ0n) is 63.4. The Morgan fingerprint density at radius 3 is 1.26 bits per heavy atom. The summed E-state index contributed by atoms with van der Waals surface area (Å²) >= 11 is 0. The lowest BCUT2D eigenvalue weighted by atomic mass is 9.85. The number of carbonyl (C=O) groups is 12. The molecule has 1 unspecified atom stereocenters. The van der Waals surface area contributed by atoms with Gasteiger partial charge in [0, 0.05) is 88.4 Å². The van der Waals surface area contributed by atoms with Crippen molar-refractivity contribution < 1.29 is 92.9 Å². The number of hydrogen-bond acceptors (Lipinski definition) is 23. The highest BCUT2D eigenvalue weighted by Crippen LogP contribution is 2.26. The Morgan fingerprint density at radius 2 is 0.850 bits per heavy atom. The summed E-state index contributed by atoms with van der Waals surface area (Å²) in [6.45, 7) is 22.9. The fraction of sp³-hybridized carbons (Fsp3) is 0.662. The Hall–Kier alpha value is -9.52. The predicted molar refractivity (Wildman–Crippen MR) is 388 cm³/mol. The van der Waals surface area contributed by atoms with E-state index in [0.717, 1.165) is 0 Å². The van der Waals surface area contributed by atoms with Crippen molar-refractivity contribution in [2.75, 3.05) is 19.7 Å². The molecule has 4 aromatic rings. The maximum atomic E-state index is 14.8. The van der Waals surface area contributed by atoms with Crippen LogP contribution in [0.15, 0.2) is 36.8 Å². The number of unbranched alkanes of at least 4 members (excludes halogenated alkanes) is 6. The molecule has 0 aliphatic rings. The second-order valence-electron chi connectivity index (χ2n) is 29.1. The van der Waals surface area contributed by atoms with E-state index in [-0.39, 0.29) is 67.5 Å². The molecule has 4 rings (SSSR count). The Morgan fingerprint density at radius 1 is 0.439 bits per heavy atom. The number of benzene rings is 1. The molecule has 36 heteroatoms. The van der Waals surface area contributed by atoms with Gasteiger partial charge in [-0.2, -0.15) is 0 Å². The number of rotatable bonds is 56. The van der Waals surface area contributed by atoms with Crippen LogP contribution < -0.4 is 42.5 Å². The molecule has 4 amide bonds. The third-order valence-electron chi connectivity index (χ3n) is 18.4. The summed E-state index contributed by atoms with van der Waals surface area (Å²) < 4.78 is 10.6. The lowest BCUT2D eigenvalue weighted by molar-refractivity contribution is -0.142. The van der Waals surface area contributed by atoms with Gasteiger partial charge in [0.2, 0.25) is 0 Å². The van der Waals surface area contributed by atoms with E-state index in [0.29, 0.717) is 151 Å². The van der Waals surface area contributed by atoms with Crippen molar-refractivity contribution in [3.05, 3.63) is 65.0 Å². The Kier molecular flexibility index (Phi) is 35.9. The van der Waals surface area contributed by atoms with E-state index in [2.05, 4.69) is 73.5 Å². The van der Waals surface area contributed by atoms with Crippen molar-refractivity contribution in [1.82, 2.24) is 87.5 Å². The molecule has 0 saturated carbocycles. The van der Waals surface area contributed by atoms with Crippen molar-refractivity contribution >= 4 is 71.0 Å². The number of urea groups is 2. The van der Waals surface area contributed by atoms with Crippen molar-refractivity contribution in [3.63, 3.8) is 0 Å².